The van der Waals surface area contributed by atoms with Crippen LogP contribution in [0.5, 0.6) is 0 Å². The molecular formula is C25H32F3N3O3S. The van der Waals surface area contributed by atoms with Crippen molar-refractivity contribution < 1.29 is 27.9 Å². The number of piperidine rings is 1. The normalized spacial score (nSPS) is 17.9. The van der Waals surface area contributed by atoms with Gasteiger partial charge in [-0.15, -0.1) is 11.3 Å². The van der Waals surface area contributed by atoms with Crippen LogP contribution in [-0.2, 0) is 28.1 Å². The molecule has 0 aliphatic carbocycles. The molecule has 0 bridgehead atoms. The second-order valence-corrected chi connectivity index (χ2v) is 10.8. The number of rotatable bonds is 4. The van der Waals surface area contributed by atoms with Gasteiger partial charge in [0.1, 0.15) is 0 Å². The van der Waals surface area contributed by atoms with Gasteiger partial charge in [-0.1, -0.05) is 24.3 Å². The number of carboxylic acids is 1. The number of nitrogens with zero attached hydrogens (tertiary/aromatic N) is 3. The number of halogens is 3. The molecule has 1 aromatic carbocycles. The van der Waals surface area contributed by atoms with Gasteiger partial charge in [0, 0.05) is 48.9 Å². The summed E-state index contributed by atoms with van der Waals surface area (Å²) in [5.41, 5.74) is 3.26. The Bertz CT molecular complexity index is 1030. The third-order valence-corrected chi connectivity index (χ3v) is 7.58. The number of hydrogen-bond acceptors (Lipinski definition) is 5. The molecule has 2 aromatic rings. The van der Waals surface area contributed by atoms with Crippen LogP contribution in [-0.4, -0.2) is 78.1 Å². The van der Waals surface area contributed by atoms with Crippen LogP contribution in [0.3, 0.4) is 0 Å². The summed E-state index contributed by atoms with van der Waals surface area (Å²) < 4.78 is 31.7. The maximum atomic E-state index is 12.1. The van der Waals surface area contributed by atoms with Gasteiger partial charge in [0.05, 0.1) is 6.54 Å². The average molecular weight is 512 g/mol. The maximum absolute atomic E-state index is 12.1. The topological polar surface area (TPSA) is 64.1 Å². The molecule has 6 nitrogen and oxygen atoms in total. The van der Waals surface area contributed by atoms with Gasteiger partial charge in [-0.05, 0) is 56.1 Å². The Hall–Kier alpha value is -2.43. The molecule has 2 aliphatic rings. The fourth-order valence-corrected chi connectivity index (χ4v) is 5.72. The summed E-state index contributed by atoms with van der Waals surface area (Å²) in [4.78, 5) is 30.5. The summed E-state index contributed by atoms with van der Waals surface area (Å²) >= 11 is 1.92. The zero-order valence-corrected chi connectivity index (χ0v) is 21.1. The molecule has 192 valence electrons. The van der Waals surface area contributed by atoms with E-state index in [4.69, 9.17) is 9.90 Å². The van der Waals surface area contributed by atoms with Gasteiger partial charge in [-0.2, -0.15) is 13.2 Å². The van der Waals surface area contributed by atoms with E-state index < -0.39 is 12.1 Å². The number of alkyl halides is 3. The highest BCUT2D eigenvalue weighted by atomic mass is 32.1. The quantitative estimate of drug-likeness (QED) is 0.669. The Morgan fingerprint density at radius 1 is 1.09 bits per heavy atom. The van der Waals surface area contributed by atoms with Gasteiger partial charge in [0.2, 0.25) is 5.91 Å². The smallest absolute Gasteiger partial charge is 0.475 e. The SMILES string of the molecule is Cc1ccc(CN2Cc3ccccc3C3(CCN(CC(=O)N(C)C)CC3)C2)s1.O=C(O)C(F)(F)F. The molecule has 35 heavy (non-hydrogen) atoms. The number of thiophene rings is 1. The van der Waals surface area contributed by atoms with Crippen molar-refractivity contribution in [1.82, 2.24) is 14.7 Å². The molecule has 0 unspecified atom stereocenters. The van der Waals surface area contributed by atoms with Gasteiger partial charge < -0.3 is 10.0 Å². The van der Waals surface area contributed by atoms with Crippen LogP contribution < -0.4 is 0 Å². The third kappa shape index (κ3) is 7.05. The fraction of sp³-hybridized carbons (Fsp3) is 0.520. The molecule has 2 aliphatic heterocycles. The van der Waals surface area contributed by atoms with E-state index >= 15 is 0 Å². The Morgan fingerprint density at radius 3 is 2.26 bits per heavy atom. The van der Waals surface area contributed by atoms with Crippen molar-refractivity contribution >= 4 is 23.2 Å². The molecule has 0 radical (unpaired) electrons. The minimum atomic E-state index is -5.08. The van der Waals surface area contributed by atoms with Gasteiger partial charge in [0.15, 0.2) is 0 Å². The standard InChI is InChI=1S/C23H31N3OS.C2HF3O2/c1-18-8-9-20(28-18)15-26-14-19-6-4-5-7-21(19)23(17-26)10-12-25(13-11-23)16-22(27)24(2)3;3-2(4,5)1(6)7/h4-9H,10-17H2,1-3H3;(H,6,7). The highest BCUT2D eigenvalue weighted by molar-refractivity contribution is 7.11. The van der Waals surface area contributed by atoms with Crippen LogP contribution in [0.2, 0.25) is 0 Å². The van der Waals surface area contributed by atoms with Crippen LogP contribution in [0.15, 0.2) is 36.4 Å². The summed E-state index contributed by atoms with van der Waals surface area (Å²) in [7, 11) is 3.69. The molecule has 1 N–H and O–H groups in total. The van der Waals surface area contributed by atoms with Crippen molar-refractivity contribution in [3.63, 3.8) is 0 Å². The number of benzene rings is 1. The minimum absolute atomic E-state index is 0.203. The van der Waals surface area contributed by atoms with Gasteiger partial charge in [-0.25, -0.2) is 4.79 Å². The number of carboxylic acid groups (broad SMARTS) is 1. The predicted octanol–water partition coefficient (Wildman–Crippen LogP) is 4.13. The lowest BCUT2D eigenvalue weighted by Gasteiger charge is -2.48. The molecule has 0 atom stereocenters. The number of likely N-dealkylation sites (tertiary alicyclic amines) is 1. The van der Waals surface area contributed by atoms with Crippen molar-refractivity contribution in [3.05, 3.63) is 57.3 Å². The molecule has 1 amide bonds. The average Bonchev–Trinajstić information content (AvgIpc) is 3.19. The molecule has 10 heteroatoms. The van der Waals surface area contributed by atoms with Crippen molar-refractivity contribution in [2.45, 2.75) is 44.4 Å². The second-order valence-electron chi connectivity index (χ2n) is 9.46. The van der Waals surface area contributed by atoms with Crippen molar-refractivity contribution in [2.75, 3.05) is 40.3 Å². The summed E-state index contributed by atoms with van der Waals surface area (Å²) in [6, 6.07) is 13.5. The van der Waals surface area contributed by atoms with E-state index in [1.165, 1.54) is 15.3 Å². The first-order chi connectivity index (χ1) is 16.4. The lowest BCUT2D eigenvalue weighted by atomic mass is 9.69. The Morgan fingerprint density at radius 2 is 1.71 bits per heavy atom. The van der Waals surface area contributed by atoms with E-state index in [0.29, 0.717) is 6.54 Å². The maximum Gasteiger partial charge on any atom is 0.490 e. The number of carbonyl (C=O) groups excluding carboxylic acids is 1. The van der Waals surface area contributed by atoms with Gasteiger partial charge >= 0.3 is 12.1 Å². The highest BCUT2D eigenvalue weighted by Gasteiger charge is 2.42. The van der Waals surface area contributed by atoms with Crippen LogP contribution in [0.1, 0.15) is 33.7 Å². The van der Waals surface area contributed by atoms with Crippen LogP contribution in [0.25, 0.3) is 0 Å². The number of amides is 1. The molecule has 1 saturated heterocycles. The summed E-state index contributed by atoms with van der Waals surface area (Å²) in [6.45, 7) is 7.93. The molecule has 0 saturated carbocycles. The van der Waals surface area contributed by atoms with Gasteiger partial charge in [-0.3, -0.25) is 14.6 Å². The van der Waals surface area contributed by atoms with E-state index in [9.17, 15) is 18.0 Å². The molecule has 1 aromatic heterocycles. The summed E-state index contributed by atoms with van der Waals surface area (Å²) in [5.74, 6) is -2.55. The second kappa shape index (κ2) is 11.1. The third-order valence-electron chi connectivity index (χ3n) is 6.60. The molecule has 4 rings (SSSR count). The highest BCUT2D eigenvalue weighted by Crippen LogP contribution is 2.42. The van der Waals surface area contributed by atoms with Crippen LogP contribution >= 0.6 is 11.3 Å². The summed E-state index contributed by atoms with van der Waals surface area (Å²) in [5, 5.41) is 7.12. The first-order valence-electron chi connectivity index (χ1n) is 11.5. The minimum Gasteiger partial charge on any atom is -0.475 e. The van der Waals surface area contributed by atoms with Crippen molar-refractivity contribution in [3.8, 4) is 0 Å². The van der Waals surface area contributed by atoms with E-state index in [1.54, 1.807) is 10.5 Å². The first-order valence-corrected chi connectivity index (χ1v) is 12.3. The van der Waals surface area contributed by atoms with Crippen LogP contribution in [0, 0.1) is 6.92 Å². The number of hydrogen-bond donors (Lipinski definition) is 1. The number of aryl methyl sites for hydroxylation is 1. The number of carbonyl (C=O) groups is 2. The van der Waals surface area contributed by atoms with E-state index in [1.807, 2.05) is 25.4 Å². The van der Waals surface area contributed by atoms with Crippen molar-refractivity contribution in [1.29, 1.82) is 0 Å². The number of aliphatic carboxylic acids is 1. The molecule has 3 heterocycles. The first kappa shape index (κ1) is 27.2. The number of fused-ring (bicyclic) bond motifs is 2. The van der Waals surface area contributed by atoms with Gasteiger partial charge in [0.25, 0.3) is 0 Å². The zero-order valence-electron chi connectivity index (χ0n) is 20.3. The Labute approximate surface area is 207 Å². The van der Waals surface area contributed by atoms with E-state index in [2.05, 4.69) is 53.1 Å². The van der Waals surface area contributed by atoms with E-state index in [-0.39, 0.29) is 11.3 Å². The largest absolute Gasteiger partial charge is 0.490 e. The predicted molar refractivity (Wildman–Crippen MR) is 129 cm³/mol. The molecule has 1 spiro atoms. The zero-order chi connectivity index (χ0) is 25.8. The molecular weight excluding hydrogens is 479 g/mol. The molecule has 1 fully saturated rings. The van der Waals surface area contributed by atoms with Crippen LogP contribution in [0.4, 0.5) is 13.2 Å². The number of likely N-dealkylation sites (N-methyl/N-ethyl adjacent to an activating group) is 1. The lowest BCUT2D eigenvalue weighted by Crippen LogP contribution is -2.52. The Balaban J connectivity index is 0.000000429. The summed E-state index contributed by atoms with van der Waals surface area (Å²) in [6.07, 6.45) is -2.82. The van der Waals surface area contributed by atoms with E-state index in [0.717, 1.165) is 45.6 Å². The monoisotopic (exact) mass is 511 g/mol. The Kier molecular flexibility index (Phi) is 8.61. The fourth-order valence-electron chi connectivity index (χ4n) is 4.79. The van der Waals surface area contributed by atoms with Crippen molar-refractivity contribution in [2.24, 2.45) is 0 Å². The lowest BCUT2D eigenvalue weighted by molar-refractivity contribution is -0.192.